The van der Waals surface area contributed by atoms with Gasteiger partial charge in [-0.2, -0.15) is 15.1 Å². The van der Waals surface area contributed by atoms with Crippen molar-refractivity contribution in [1.82, 2.24) is 19.7 Å². The van der Waals surface area contributed by atoms with E-state index in [0.717, 1.165) is 25.7 Å². The Morgan fingerprint density at radius 3 is 2.45 bits per heavy atom. The van der Waals surface area contributed by atoms with E-state index in [0.29, 0.717) is 32.4 Å². The number of aromatic nitrogens is 4. The highest BCUT2D eigenvalue weighted by Crippen LogP contribution is 2.55. The number of ether oxygens (including phenoxy) is 5. The van der Waals surface area contributed by atoms with Crippen molar-refractivity contribution in [3.8, 4) is 0 Å². The highest BCUT2D eigenvalue weighted by Gasteiger charge is 2.57. The third kappa shape index (κ3) is 6.75. The predicted molar refractivity (Wildman–Crippen MR) is 169 cm³/mol. The molecule has 0 N–H and O–H groups in total. The molecule has 12 nitrogen and oxygen atoms in total. The van der Waals surface area contributed by atoms with Crippen molar-refractivity contribution < 1.29 is 33.0 Å². The number of carbonyl (C=O) groups excluding carboxylic acids is 1. The summed E-state index contributed by atoms with van der Waals surface area (Å²) in [5.74, 6) is -0.519. The first-order valence-corrected chi connectivity index (χ1v) is 19.9. The number of nitrogens with zero attached hydrogens (tertiary/aromatic N) is 5. The summed E-state index contributed by atoms with van der Waals surface area (Å²) in [6.07, 6.45) is 2.54. The molecule has 1 aliphatic carbocycles. The Balaban J connectivity index is 1.51. The van der Waals surface area contributed by atoms with Crippen molar-refractivity contribution >= 4 is 51.2 Å². The molecule has 1 unspecified atom stereocenters. The number of rotatable bonds is 9. The van der Waals surface area contributed by atoms with Gasteiger partial charge in [0.05, 0.1) is 18.2 Å². The van der Waals surface area contributed by atoms with Crippen LogP contribution in [0.5, 0.6) is 0 Å². The van der Waals surface area contributed by atoms with Crippen LogP contribution in [0, 0.1) is 0 Å². The SMILES string of the molecule is C[Si]CC(C)(OC[C@H]1O[C@@H](n2ncc3c(N(C(=O)OC(C)(C)C)C4CCCC4)nc(Cl)nc32)[C@@H]2OC(C)(C)O[C@@H]21)P(C)(C)=O. The van der Waals surface area contributed by atoms with Crippen molar-refractivity contribution in [3.63, 3.8) is 0 Å². The maximum Gasteiger partial charge on any atom is 0.416 e. The fourth-order valence-corrected chi connectivity index (χ4v) is 9.41. The molecule has 2 saturated heterocycles. The first kappa shape index (κ1) is 33.8. The van der Waals surface area contributed by atoms with Crippen LogP contribution in [0.3, 0.4) is 0 Å². The number of fused-ring (bicyclic) bond motifs is 2. The minimum absolute atomic E-state index is 0.0306. The number of halogens is 1. The lowest BCUT2D eigenvalue weighted by atomic mass is 10.1. The molecule has 0 bridgehead atoms. The van der Waals surface area contributed by atoms with Crippen LogP contribution in [0.4, 0.5) is 10.6 Å². The summed E-state index contributed by atoms with van der Waals surface area (Å²) in [5, 5.41) is 4.40. The van der Waals surface area contributed by atoms with Gasteiger partial charge in [-0.05, 0) is 85.4 Å². The second kappa shape index (κ2) is 12.2. The van der Waals surface area contributed by atoms with Crippen LogP contribution in [0.1, 0.15) is 73.5 Å². The summed E-state index contributed by atoms with van der Waals surface area (Å²) >= 11 is 6.52. The number of amides is 1. The van der Waals surface area contributed by atoms with E-state index in [1.165, 1.54) is 0 Å². The first-order chi connectivity index (χ1) is 20.4. The molecular weight excluding hydrogens is 625 g/mol. The van der Waals surface area contributed by atoms with Crippen LogP contribution < -0.4 is 4.90 Å². The van der Waals surface area contributed by atoms with E-state index in [-0.39, 0.29) is 17.9 Å². The molecule has 2 radical (unpaired) electrons. The van der Waals surface area contributed by atoms with Crippen LogP contribution in [0.15, 0.2) is 6.20 Å². The van der Waals surface area contributed by atoms with Gasteiger partial charge in [0.2, 0.25) is 5.28 Å². The van der Waals surface area contributed by atoms with Crippen molar-refractivity contribution in [1.29, 1.82) is 0 Å². The van der Waals surface area contributed by atoms with E-state index in [1.807, 2.05) is 41.5 Å². The molecule has 4 heterocycles. The predicted octanol–water partition coefficient (Wildman–Crippen LogP) is 6.11. The summed E-state index contributed by atoms with van der Waals surface area (Å²) in [4.78, 5) is 24.2. The maximum atomic E-state index is 13.6. The highest BCUT2D eigenvalue weighted by atomic mass is 35.5. The summed E-state index contributed by atoms with van der Waals surface area (Å²) in [6.45, 7) is 16.9. The van der Waals surface area contributed by atoms with Crippen LogP contribution in [0.2, 0.25) is 17.9 Å². The quantitative estimate of drug-likeness (QED) is 0.175. The second-order valence-electron chi connectivity index (χ2n) is 13.9. The van der Waals surface area contributed by atoms with Crippen molar-refractivity contribution in [2.24, 2.45) is 0 Å². The molecule has 3 aliphatic rings. The van der Waals surface area contributed by atoms with Gasteiger partial charge >= 0.3 is 6.09 Å². The molecule has 44 heavy (non-hydrogen) atoms. The standard InChI is InChI=1S/C29H45ClN5O7PSi/c1-27(2,3)42-26(36)34(17-12-10-11-13-17)22-18-14-31-35(23(18)33-25(30)32-22)24-21-20(40-28(4,5)41-21)19(39-24)15-38-29(6,16-44-9)43(7,8)37/h14,17,19-21,24H,10-13,15-16H2,1-9H3/t19-,20-,21-,24-,29?/m1/s1. The Morgan fingerprint density at radius 2 is 1.84 bits per heavy atom. The van der Waals surface area contributed by atoms with Gasteiger partial charge in [0.15, 0.2) is 23.5 Å². The van der Waals surface area contributed by atoms with E-state index >= 15 is 0 Å². The number of hydrogen-bond donors (Lipinski definition) is 0. The van der Waals surface area contributed by atoms with Crippen molar-refractivity contribution in [2.75, 3.05) is 24.8 Å². The summed E-state index contributed by atoms with van der Waals surface area (Å²) < 4.78 is 46.2. The minimum Gasteiger partial charge on any atom is -0.443 e. The second-order valence-corrected chi connectivity index (χ2v) is 19.0. The molecule has 2 aromatic rings. The lowest BCUT2D eigenvalue weighted by Crippen LogP contribution is -2.43. The largest absolute Gasteiger partial charge is 0.443 e. The van der Waals surface area contributed by atoms with Gasteiger partial charge in [0.25, 0.3) is 0 Å². The van der Waals surface area contributed by atoms with Gasteiger partial charge in [0.1, 0.15) is 36.4 Å². The van der Waals surface area contributed by atoms with Crippen LogP contribution in [-0.2, 0) is 28.2 Å². The molecule has 3 fully saturated rings. The zero-order valence-corrected chi connectivity index (χ0v) is 29.8. The molecule has 1 amide bonds. The van der Waals surface area contributed by atoms with E-state index in [2.05, 4.69) is 21.6 Å². The third-order valence-corrected chi connectivity index (χ3v) is 12.5. The molecule has 0 aromatic carbocycles. The van der Waals surface area contributed by atoms with Crippen LogP contribution in [0.25, 0.3) is 11.0 Å². The Morgan fingerprint density at radius 1 is 1.18 bits per heavy atom. The van der Waals surface area contributed by atoms with E-state index in [1.54, 1.807) is 29.1 Å². The van der Waals surface area contributed by atoms with Gasteiger partial charge in [-0.1, -0.05) is 19.4 Å². The molecule has 15 heteroatoms. The molecule has 244 valence electrons. The van der Waals surface area contributed by atoms with Crippen molar-refractivity contribution in [3.05, 3.63) is 11.5 Å². The van der Waals surface area contributed by atoms with Gasteiger partial charge < -0.3 is 28.2 Å². The van der Waals surface area contributed by atoms with E-state index in [9.17, 15) is 9.36 Å². The normalized spacial score (nSPS) is 27.0. The maximum absolute atomic E-state index is 13.6. The monoisotopic (exact) mass is 669 g/mol. The van der Waals surface area contributed by atoms with Crippen LogP contribution in [-0.4, -0.2) is 96.4 Å². The molecule has 1 saturated carbocycles. The Labute approximate surface area is 267 Å². The fourth-order valence-electron chi connectivity index (χ4n) is 6.11. The average molecular weight is 670 g/mol. The lowest BCUT2D eigenvalue weighted by molar-refractivity contribution is -0.205. The topological polar surface area (TPSA) is 127 Å². The molecule has 2 aliphatic heterocycles. The average Bonchev–Trinajstić information content (AvgIpc) is 3.66. The Bertz CT molecular complexity index is 1420. The van der Waals surface area contributed by atoms with E-state index in [4.69, 9.17) is 35.3 Å². The summed E-state index contributed by atoms with van der Waals surface area (Å²) in [5.41, 5.74) is -0.296. The minimum atomic E-state index is -2.60. The summed E-state index contributed by atoms with van der Waals surface area (Å²) in [6, 6.07) is 0.594. The number of hydrogen-bond acceptors (Lipinski definition) is 10. The highest BCUT2D eigenvalue weighted by molar-refractivity contribution is 7.63. The first-order valence-electron chi connectivity index (χ1n) is 15.2. The van der Waals surface area contributed by atoms with Crippen molar-refractivity contribution in [2.45, 2.75) is 127 Å². The van der Waals surface area contributed by atoms with Gasteiger partial charge in [-0.3, -0.25) is 4.90 Å². The number of carbonyl (C=O) groups is 1. The fraction of sp³-hybridized carbons (Fsp3) is 0.793. The van der Waals surface area contributed by atoms with Gasteiger partial charge in [-0.25, -0.2) is 9.48 Å². The molecular formula is C29H45ClN5O7PSi. The number of anilines is 1. The Hall–Kier alpha value is -1.60. The lowest BCUT2D eigenvalue weighted by Gasteiger charge is -2.35. The summed E-state index contributed by atoms with van der Waals surface area (Å²) in [7, 11) is -2.02. The molecule has 5 atom stereocenters. The van der Waals surface area contributed by atoms with Gasteiger partial charge in [-0.15, -0.1) is 0 Å². The molecule has 0 spiro atoms. The van der Waals surface area contributed by atoms with E-state index < -0.39 is 54.5 Å². The smallest absolute Gasteiger partial charge is 0.416 e. The molecule has 2 aromatic heterocycles. The van der Waals surface area contributed by atoms with Crippen LogP contribution >= 0.6 is 18.7 Å². The third-order valence-electron chi connectivity index (χ3n) is 8.48. The van der Waals surface area contributed by atoms with Gasteiger partial charge in [0, 0.05) is 15.6 Å². The Kier molecular flexibility index (Phi) is 9.36. The zero-order valence-electron chi connectivity index (χ0n) is 27.1. The molecule has 5 rings (SSSR count). The zero-order chi connectivity index (χ0) is 32.2.